The van der Waals surface area contributed by atoms with Crippen molar-refractivity contribution in [3.63, 3.8) is 0 Å². The van der Waals surface area contributed by atoms with Crippen LogP contribution in [0.4, 0.5) is 0 Å². The number of aromatic nitrogens is 1. The first-order valence-corrected chi connectivity index (χ1v) is 12.1. The summed E-state index contributed by atoms with van der Waals surface area (Å²) in [5.74, 6) is 1.22. The van der Waals surface area contributed by atoms with Crippen LogP contribution in [0.25, 0.3) is 20.5 Å². The van der Waals surface area contributed by atoms with E-state index in [2.05, 4.69) is 30.3 Å². The highest BCUT2D eigenvalue weighted by Crippen LogP contribution is 2.43. The van der Waals surface area contributed by atoms with E-state index in [0.717, 1.165) is 23.4 Å². The van der Waals surface area contributed by atoms with Crippen LogP contribution < -0.4 is 10.3 Å². The van der Waals surface area contributed by atoms with Crippen LogP contribution in [0.2, 0.25) is 0 Å². The molecule has 2 bridgehead atoms. The summed E-state index contributed by atoms with van der Waals surface area (Å²) in [7, 11) is 1.62. The van der Waals surface area contributed by atoms with E-state index in [1.54, 1.807) is 24.5 Å². The molecular weight excluding hydrogens is 432 g/mol. The topological polar surface area (TPSA) is 51.5 Å². The summed E-state index contributed by atoms with van der Waals surface area (Å²) in [6.07, 6.45) is 1.01. The van der Waals surface area contributed by atoms with Gasteiger partial charge >= 0.3 is 0 Å². The number of thiophene rings is 1. The van der Waals surface area contributed by atoms with Gasteiger partial charge in [-0.25, -0.2) is 0 Å². The van der Waals surface area contributed by atoms with E-state index < -0.39 is 0 Å². The fourth-order valence-electron chi connectivity index (χ4n) is 5.42. The molecule has 33 heavy (non-hydrogen) atoms. The monoisotopic (exact) mass is 456 g/mol. The lowest BCUT2D eigenvalue weighted by Gasteiger charge is -2.43. The summed E-state index contributed by atoms with van der Waals surface area (Å²) in [4.78, 5) is 29.3. The quantitative estimate of drug-likeness (QED) is 0.436. The number of amides is 1. The molecule has 2 aliphatic rings. The van der Waals surface area contributed by atoms with E-state index in [0.29, 0.717) is 25.2 Å². The first-order valence-electron chi connectivity index (χ1n) is 11.3. The molecule has 1 fully saturated rings. The number of carbonyl (C=O) groups excluding carboxylic acids is 1. The van der Waals surface area contributed by atoms with E-state index in [9.17, 15) is 9.59 Å². The molecule has 6 rings (SSSR count). The highest BCUT2D eigenvalue weighted by Gasteiger charge is 2.38. The third-order valence-electron chi connectivity index (χ3n) is 6.91. The third-order valence-corrected chi connectivity index (χ3v) is 8.05. The fourth-order valence-corrected chi connectivity index (χ4v) is 6.52. The van der Waals surface area contributed by atoms with Crippen molar-refractivity contribution < 1.29 is 9.53 Å². The second-order valence-electron chi connectivity index (χ2n) is 8.97. The summed E-state index contributed by atoms with van der Waals surface area (Å²) >= 11 is 1.76. The molecule has 5 nitrogen and oxygen atoms in total. The van der Waals surface area contributed by atoms with E-state index in [1.807, 2.05) is 39.8 Å². The molecule has 2 aromatic carbocycles. The van der Waals surface area contributed by atoms with Gasteiger partial charge < -0.3 is 14.2 Å². The predicted octanol–water partition coefficient (Wildman–Crippen LogP) is 5.00. The summed E-state index contributed by atoms with van der Waals surface area (Å²) in [6, 6.07) is 21.6. The molecule has 1 saturated heterocycles. The van der Waals surface area contributed by atoms with Crippen LogP contribution in [0.15, 0.2) is 71.5 Å². The highest BCUT2D eigenvalue weighted by atomic mass is 32.1. The molecule has 2 aromatic heterocycles. The Bertz CT molecular complexity index is 1390. The van der Waals surface area contributed by atoms with Gasteiger partial charge in [-0.2, -0.15) is 0 Å². The van der Waals surface area contributed by atoms with Crippen LogP contribution in [0, 0.1) is 5.92 Å². The van der Waals surface area contributed by atoms with Crippen molar-refractivity contribution in [2.75, 3.05) is 20.2 Å². The zero-order chi connectivity index (χ0) is 22.5. The van der Waals surface area contributed by atoms with Gasteiger partial charge in [-0.05, 0) is 60.2 Å². The Morgan fingerprint density at radius 3 is 2.61 bits per heavy atom. The Balaban J connectivity index is 1.38. The summed E-state index contributed by atoms with van der Waals surface area (Å²) in [6.45, 7) is 1.97. The predicted molar refractivity (Wildman–Crippen MR) is 131 cm³/mol. The van der Waals surface area contributed by atoms with Crippen molar-refractivity contribution >= 4 is 27.3 Å². The maximum atomic E-state index is 13.3. The molecular formula is C27H24N2O3S. The molecule has 0 N–H and O–H groups in total. The van der Waals surface area contributed by atoms with Crippen molar-refractivity contribution in [2.24, 2.45) is 5.92 Å². The van der Waals surface area contributed by atoms with Gasteiger partial charge in [0.2, 0.25) is 0 Å². The third kappa shape index (κ3) is 3.45. The number of fused-ring (bicyclic) bond motifs is 5. The molecule has 0 aliphatic carbocycles. The number of rotatable bonds is 3. The van der Waals surface area contributed by atoms with Crippen molar-refractivity contribution in [1.29, 1.82) is 0 Å². The number of nitrogens with zero attached hydrogens (tertiary/aromatic N) is 2. The van der Waals surface area contributed by atoms with Crippen molar-refractivity contribution in [3.8, 4) is 16.2 Å². The van der Waals surface area contributed by atoms with Gasteiger partial charge in [0.1, 0.15) is 5.75 Å². The first-order chi connectivity index (χ1) is 16.1. The second kappa shape index (κ2) is 7.89. The number of ether oxygens (including phenoxy) is 1. The summed E-state index contributed by atoms with van der Waals surface area (Å²) in [5.41, 5.74) is 2.93. The number of pyridine rings is 1. The van der Waals surface area contributed by atoms with Gasteiger partial charge in [0.25, 0.3) is 11.5 Å². The Labute approximate surface area is 195 Å². The van der Waals surface area contributed by atoms with E-state index >= 15 is 0 Å². The SMILES string of the molecule is COc1ccc(C(=O)N2C[C@@H]3C[C@H](C2)c2c(-c4cc5ccccc5s4)ccc(=O)n2C3)cc1. The molecule has 2 aliphatic heterocycles. The number of hydrogen-bond donors (Lipinski definition) is 0. The maximum Gasteiger partial charge on any atom is 0.253 e. The average Bonchev–Trinajstić information content (AvgIpc) is 3.28. The largest absolute Gasteiger partial charge is 0.497 e. The van der Waals surface area contributed by atoms with Gasteiger partial charge in [0.05, 0.1) is 7.11 Å². The lowest BCUT2D eigenvalue weighted by atomic mass is 9.81. The van der Waals surface area contributed by atoms with E-state index in [-0.39, 0.29) is 23.3 Å². The Kier molecular flexibility index (Phi) is 4.84. The van der Waals surface area contributed by atoms with Crippen LogP contribution >= 0.6 is 11.3 Å². The van der Waals surface area contributed by atoms with E-state index in [4.69, 9.17) is 4.74 Å². The molecule has 1 amide bonds. The molecule has 0 saturated carbocycles. The minimum Gasteiger partial charge on any atom is -0.497 e. The van der Waals surface area contributed by atoms with Crippen LogP contribution in [0.1, 0.15) is 28.4 Å². The Morgan fingerprint density at radius 2 is 1.82 bits per heavy atom. The molecule has 4 heterocycles. The lowest BCUT2D eigenvalue weighted by molar-refractivity contribution is 0.0595. The van der Waals surface area contributed by atoms with Crippen molar-refractivity contribution in [1.82, 2.24) is 9.47 Å². The van der Waals surface area contributed by atoms with Crippen molar-refractivity contribution in [2.45, 2.75) is 18.9 Å². The molecule has 6 heteroatoms. The maximum absolute atomic E-state index is 13.3. The Morgan fingerprint density at radius 1 is 1.00 bits per heavy atom. The van der Waals surface area contributed by atoms with Gasteiger partial charge in [-0.3, -0.25) is 9.59 Å². The number of benzene rings is 2. The second-order valence-corrected chi connectivity index (χ2v) is 10.1. The highest BCUT2D eigenvalue weighted by molar-refractivity contribution is 7.22. The van der Waals surface area contributed by atoms with Gasteiger partial charge in [0.15, 0.2) is 0 Å². The summed E-state index contributed by atoms with van der Waals surface area (Å²) < 4.78 is 8.43. The molecule has 4 aromatic rings. The van der Waals surface area contributed by atoms with Crippen LogP contribution in [0.3, 0.4) is 0 Å². The van der Waals surface area contributed by atoms with Gasteiger partial charge in [0, 0.05) is 58.0 Å². The minimum atomic E-state index is 0.0440. The molecule has 0 unspecified atom stereocenters. The zero-order valence-corrected chi connectivity index (χ0v) is 19.2. The molecule has 2 atom stereocenters. The minimum absolute atomic E-state index is 0.0440. The van der Waals surface area contributed by atoms with Crippen LogP contribution in [0.5, 0.6) is 5.75 Å². The van der Waals surface area contributed by atoms with Crippen LogP contribution in [-0.4, -0.2) is 35.6 Å². The number of methoxy groups -OCH3 is 1. The number of likely N-dealkylation sites (tertiary alicyclic amines) is 1. The molecule has 0 spiro atoms. The zero-order valence-electron chi connectivity index (χ0n) is 18.4. The van der Waals surface area contributed by atoms with Crippen molar-refractivity contribution in [3.05, 3.63) is 88.3 Å². The fraction of sp³-hybridized carbons (Fsp3) is 0.259. The standard InChI is InChI=1S/C27H24N2O3S/c1-32-21-8-6-18(7-9-21)27(31)28-14-17-12-20(16-28)26-22(10-11-25(30)29(26)15-17)24-13-19-4-2-3-5-23(19)33-24/h2-11,13,17,20H,12,14-16H2,1H3/t17-,20+/m0/s1. The number of hydrogen-bond acceptors (Lipinski definition) is 4. The van der Waals surface area contributed by atoms with Gasteiger partial charge in [-0.1, -0.05) is 18.2 Å². The molecule has 0 radical (unpaired) electrons. The van der Waals surface area contributed by atoms with Gasteiger partial charge in [-0.15, -0.1) is 11.3 Å². The van der Waals surface area contributed by atoms with Crippen LogP contribution in [-0.2, 0) is 6.54 Å². The summed E-state index contributed by atoms with van der Waals surface area (Å²) in [5, 5.41) is 1.22. The van der Waals surface area contributed by atoms with E-state index in [1.165, 1.54) is 15.0 Å². The number of piperidine rings is 1. The number of carbonyl (C=O) groups is 1. The lowest BCUT2D eigenvalue weighted by Crippen LogP contribution is -2.49. The Hall–Kier alpha value is -3.38. The normalized spacial score (nSPS) is 19.4. The molecule has 166 valence electrons. The smallest absolute Gasteiger partial charge is 0.253 e. The average molecular weight is 457 g/mol. The first kappa shape index (κ1) is 20.2.